The molecule has 17 heavy (non-hydrogen) atoms. The normalized spacial score (nSPS) is 14.3. The molecule has 0 aromatic carbocycles. The third-order valence-electron chi connectivity index (χ3n) is 1.97. The van der Waals surface area contributed by atoms with E-state index in [0.717, 1.165) is 0 Å². The number of aliphatic hydroxyl groups excluding tert-OH is 1. The zero-order valence-corrected chi connectivity index (χ0v) is 8.99. The van der Waals surface area contributed by atoms with E-state index in [9.17, 15) is 22.7 Å². The number of halogens is 4. The van der Waals surface area contributed by atoms with E-state index in [0.29, 0.717) is 0 Å². The van der Waals surface area contributed by atoms with Gasteiger partial charge in [-0.1, -0.05) is 0 Å². The summed E-state index contributed by atoms with van der Waals surface area (Å²) in [6, 6.07) is 1.47. The van der Waals surface area contributed by atoms with E-state index in [1.54, 1.807) is 13.2 Å². The van der Waals surface area contributed by atoms with Gasteiger partial charge >= 0.3 is 12.3 Å². The summed E-state index contributed by atoms with van der Waals surface area (Å²) in [5, 5.41) is 13.2. The van der Waals surface area contributed by atoms with Crippen molar-refractivity contribution in [2.45, 2.75) is 18.5 Å². The Morgan fingerprint density at radius 3 is 2.65 bits per heavy atom. The molecule has 0 saturated carbocycles. The summed E-state index contributed by atoms with van der Waals surface area (Å²) >= 11 is 0. The standard InChI is InChI=1S/C9H12F4N2O2/c1-15-3-2-6(14-15)7(16)4-17-5-9(12,13)8(10)11/h2-3,7-8,16H,4-5H2,1H3. The predicted octanol–water partition coefficient (Wildman–Crippen LogP) is 1.37. The van der Waals surface area contributed by atoms with Crippen molar-refractivity contribution < 1.29 is 27.4 Å². The summed E-state index contributed by atoms with van der Waals surface area (Å²) < 4.78 is 54.1. The van der Waals surface area contributed by atoms with Crippen LogP contribution in [0.3, 0.4) is 0 Å². The highest BCUT2D eigenvalue weighted by Crippen LogP contribution is 2.23. The van der Waals surface area contributed by atoms with E-state index in [-0.39, 0.29) is 5.69 Å². The zero-order valence-electron chi connectivity index (χ0n) is 8.99. The molecule has 0 fully saturated rings. The molecule has 0 saturated heterocycles. The molecule has 98 valence electrons. The van der Waals surface area contributed by atoms with Crippen LogP contribution in [0, 0.1) is 0 Å². The minimum atomic E-state index is -4.20. The fraction of sp³-hybridized carbons (Fsp3) is 0.667. The lowest BCUT2D eigenvalue weighted by Gasteiger charge is -2.16. The lowest BCUT2D eigenvalue weighted by molar-refractivity contribution is -0.171. The van der Waals surface area contributed by atoms with Crippen molar-refractivity contribution in [3.05, 3.63) is 18.0 Å². The van der Waals surface area contributed by atoms with E-state index < -0.39 is 31.7 Å². The van der Waals surface area contributed by atoms with Gasteiger partial charge in [-0.15, -0.1) is 0 Å². The van der Waals surface area contributed by atoms with Crippen LogP contribution in [0.25, 0.3) is 0 Å². The van der Waals surface area contributed by atoms with E-state index in [4.69, 9.17) is 0 Å². The van der Waals surface area contributed by atoms with Gasteiger partial charge in [0, 0.05) is 13.2 Å². The highest BCUT2D eigenvalue weighted by Gasteiger charge is 2.41. The molecule has 0 aliphatic carbocycles. The summed E-state index contributed by atoms with van der Waals surface area (Å²) in [6.45, 7) is -1.95. The largest absolute Gasteiger partial charge is 0.384 e. The Labute approximate surface area is 94.8 Å². The molecular formula is C9H12F4N2O2. The summed E-state index contributed by atoms with van der Waals surface area (Å²) in [5.74, 6) is -4.20. The number of aryl methyl sites for hydroxylation is 1. The number of hydrogen-bond acceptors (Lipinski definition) is 3. The Bertz CT molecular complexity index is 357. The van der Waals surface area contributed by atoms with Crippen LogP contribution in [0.1, 0.15) is 11.8 Å². The molecule has 0 amide bonds. The van der Waals surface area contributed by atoms with Crippen LogP contribution in [0.5, 0.6) is 0 Å². The van der Waals surface area contributed by atoms with Crippen molar-refractivity contribution in [2.75, 3.05) is 13.2 Å². The molecule has 1 rings (SSSR count). The Morgan fingerprint density at radius 1 is 1.53 bits per heavy atom. The maximum atomic E-state index is 12.4. The van der Waals surface area contributed by atoms with Gasteiger partial charge in [0.1, 0.15) is 12.7 Å². The molecule has 1 heterocycles. The Hall–Kier alpha value is -1.15. The summed E-state index contributed by atoms with van der Waals surface area (Å²) in [4.78, 5) is 0. The minimum absolute atomic E-state index is 0.230. The molecular weight excluding hydrogens is 244 g/mol. The number of aliphatic hydroxyl groups is 1. The van der Waals surface area contributed by atoms with Gasteiger partial charge in [0.15, 0.2) is 0 Å². The molecule has 1 aromatic heterocycles. The summed E-state index contributed by atoms with van der Waals surface area (Å²) in [5.41, 5.74) is 0.230. The Kier molecular flexibility index (Phi) is 4.47. The number of rotatable bonds is 6. The van der Waals surface area contributed by atoms with Gasteiger partial charge in [0.05, 0.1) is 12.3 Å². The monoisotopic (exact) mass is 256 g/mol. The Balaban J connectivity index is 2.37. The van der Waals surface area contributed by atoms with Crippen LogP contribution in [0.2, 0.25) is 0 Å². The molecule has 0 radical (unpaired) electrons. The van der Waals surface area contributed by atoms with Gasteiger partial charge in [0.2, 0.25) is 0 Å². The van der Waals surface area contributed by atoms with E-state index in [1.165, 1.54) is 10.7 Å². The van der Waals surface area contributed by atoms with Gasteiger partial charge in [-0.2, -0.15) is 13.9 Å². The first-order valence-corrected chi connectivity index (χ1v) is 4.74. The summed E-state index contributed by atoms with van der Waals surface area (Å²) in [6.07, 6.45) is -3.45. The molecule has 1 N–H and O–H groups in total. The van der Waals surface area contributed by atoms with E-state index >= 15 is 0 Å². The number of aromatic nitrogens is 2. The maximum absolute atomic E-state index is 12.4. The molecule has 0 spiro atoms. The minimum Gasteiger partial charge on any atom is -0.384 e. The van der Waals surface area contributed by atoms with Crippen molar-refractivity contribution in [1.82, 2.24) is 9.78 Å². The summed E-state index contributed by atoms with van der Waals surface area (Å²) in [7, 11) is 1.61. The molecule has 0 aliphatic heterocycles. The van der Waals surface area contributed by atoms with Gasteiger partial charge < -0.3 is 9.84 Å². The van der Waals surface area contributed by atoms with Crippen LogP contribution in [0.4, 0.5) is 17.6 Å². The molecule has 1 unspecified atom stereocenters. The van der Waals surface area contributed by atoms with Crippen molar-refractivity contribution in [1.29, 1.82) is 0 Å². The SMILES string of the molecule is Cn1ccc(C(O)COCC(F)(F)C(F)F)n1. The first-order chi connectivity index (χ1) is 7.83. The number of nitrogens with zero attached hydrogens (tertiary/aromatic N) is 2. The van der Waals surface area contributed by atoms with Crippen molar-refractivity contribution >= 4 is 0 Å². The van der Waals surface area contributed by atoms with E-state index in [1.807, 2.05) is 0 Å². The second-order valence-electron chi connectivity index (χ2n) is 3.51. The highest BCUT2D eigenvalue weighted by molar-refractivity contribution is 5.02. The van der Waals surface area contributed by atoms with Crippen LogP contribution < -0.4 is 0 Å². The van der Waals surface area contributed by atoms with Crippen molar-refractivity contribution in [3.63, 3.8) is 0 Å². The van der Waals surface area contributed by atoms with E-state index in [2.05, 4.69) is 9.84 Å². The molecule has 4 nitrogen and oxygen atoms in total. The molecule has 0 aliphatic rings. The topological polar surface area (TPSA) is 47.3 Å². The number of alkyl halides is 4. The van der Waals surface area contributed by atoms with Crippen LogP contribution in [-0.4, -0.2) is 40.4 Å². The van der Waals surface area contributed by atoms with Crippen LogP contribution >= 0.6 is 0 Å². The molecule has 1 atom stereocenters. The van der Waals surface area contributed by atoms with Gasteiger partial charge in [-0.25, -0.2) is 8.78 Å². The zero-order chi connectivity index (χ0) is 13.1. The average Bonchev–Trinajstić information content (AvgIpc) is 2.64. The number of ether oxygens (including phenoxy) is 1. The second kappa shape index (κ2) is 5.46. The molecule has 8 heteroatoms. The van der Waals surface area contributed by atoms with Gasteiger partial charge in [0.25, 0.3) is 0 Å². The fourth-order valence-electron chi connectivity index (χ4n) is 1.07. The first-order valence-electron chi connectivity index (χ1n) is 4.74. The second-order valence-corrected chi connectivity index (χ2v) is 3.51. The third kappa shape index (κ3) is 3.97. The van der Waals surface area contributed by atoms with Crippen LogP contribution in [0.15, 0.2) is 12.3 Å². The van der Waals surface area contributed by atoms with Crippen molar-refractivity contribution in [2.24, 2.45) is 7.05 Å². The lowest BCUT2D eigenvalue weighted by Crippen LogP contribution is -2.33. The Morgan fingerprint density at radius 2 is 2.18 bits per heavy atom. The molecule has 1 aromatic rings. The fourth-order valence-corrected chi connectivity index (χ4v) is 1.07. The van der Waals surface area contributed by atoms with Gasteiger partial charge in [-0.3, -0.25) is 4.68 Å². The predicted molar refractivity (Wildman–Crippen MR) is 49.9 cm³/mol. The third-order valence-corrected chi connectivity index (χ3v) is 1.97. The van der Waals surface area contributed by atoms with Crippen molar-refractivity contribution in [3.8, 4) is 0 Å². The smallest absolute Gasteiger partial charge is 0.330 e. The lowest BCUT2D eigenvalue weighted by atomic mass is 10.3. The number of hydrogen-bond donors (Lipinski definition) is 1. The quantitative estimate of drug-likeness (QED) is 0.782. The highest BCUT2D eigenvalue weighted by atomic mass is 19.3. The first kappa shape index (κ1) is 13.9. The maximum Gasteiger partial charge on any atom is 0.330 e. The van der Waals surface area contributed by atoms with Gasteiger partial charge in [-0.05, 0) is 6.07 Å². The average molecular weight is 256 g/mol. The molecule has 0 bridgehead atoms. The van der Waals surface area contributed by atoms with Crippen LogP contribution in [-0.2, 0) is 11.8 Å².